The Hall–Kier alpha value is -2.97. The molecular formula is C31H43FN4O3. The average molecular weight is 539 g/mol. The third kappa shape index (κ3) is 8.02. The lowest BCUT2D eigenvalue weighted by atomic mass is 9.81. The number of amides is 2. The summed E-state index contributed by atoms with van der Waals surface area (Å²) in [4.78, 5) is 30.1. The second-order valence-electron chi connectivity index (χ2n) is 11.2. The van der Waals surface area contributed by atoms with Crippen molar-refractivity contribution in [3.8, 4) is 5.75 Å². The molecule has 8 heteroatoms. The molecule has 1 saturated heterocycles. The summed E-state index contributed by atoms with van der Waals surface area (Å²) in [6.45, 7) is 4.65. The number of piperidine rings is 1. The van der Waals surface area contributed by atoms with Gasteiger partial charge in [-0.1, -0.05) is 30.7 Å². The molecule has 0 bridgehead atoms. The smallest absolute Gasteiger partial charge is 0.242 e. The second-order valence-corrected chi connectivity index (χ2v) is 11.2. The Morgan fingerprint density at radius 3 is 2.51 bits per heavy atom. The lowest BCUT2D eigenvalue weighted by Crippen LogP contribution is -2.57. The zero-order chi connectivity index (χ0) is 27.8. The van der Waals surface area contributed by atoms with Crippen LogP contribution in [0.2, 0.25) is 0 Å². The first-order valence-corrected chi connectivity index (χ1v) is 14.2. The van der Waals surface area contributed by atoms with E-state index in [1.165, 1.54) is 18.6 Å². The van der Waals surface area contributed by atoms with Crippen LogP contribution < -0.4 is 15.8 Å². The first-order chi connectivity index (χ1) is 18.9. The third-order valence-electron chi connectivity index (χ3n) is 8.41. The van der Waals surface area contributed by atoms with Crippen molar-refractivity contribution in [2.75, 3.05) is 26.7 Å². The van der Waals surface area contributed by atoms with E-state index in [0.717, 1.165) is 42.6 Å². The van der Waals surface area contributed by atoms with Gasteiger partial charge in [0.1, 0.15) is 17.6 Å². The number of methoxy groups -OCH3 is 1. The monoisotopic (exact) mass is 538 g/mol. The SMILES string of the molecule is COc1cccc(CN(Cc2ccc(F)cc2)C2CCN(C(C)=O)[C@@H](C(=O)NCC3CCCC(CN)C3)C2)c1. The Morgan fingerprint density at radius 2 is 1.79 bits per heavy atom. The molecule has 2 aromatic rings. The van der Waals surface area contributed by atoms with Gasteiger partial charge < -0.3 is 20.7 Å². The number of likely N-dealkylation sites (tertiary alicyclic amines) is 1. The molecule has 1 heterocycles. The van der Waals surface area contributed by atoms with Crippen molar-refractivity contribution in [3.63, 3.8) is 0 Å². The van der Waals surface area contributed by atoms with E-state index in [-0.39, 0.29) is 23.7 Å². The van der Waals surface area contributed by atoms with Crippen LogP contribution in [-0.4, -0.2) is 60.4 Å². The highest BCUT2D eigenvalue weighted by atomic mass is 19.1. The number of nitrogens with zero attached hydrogens (tertiary/aromatic N) is 2. The number of benzene rings is 2. The molecule has 1 saturated carbocycles. The summed E-state index contributed by atoms with van der Waals surface area (Å²) in [5.74, 6) is 1.34. The Kier molecular flexibility index (Phi) is 10.3. The first kappa shape index (κ1) is 29.0. The van der Waals surface area contributed by atoms with Gasteiger partial charge in [-0.05, 0) is 85.9 Å². The normalized spacial score (nSPS) is 23.5. The molecule has 2 aromatic carbocycles. The van der Waals surface area contributed by atoms with Crippen LogP contribution in [-0.2, 0) is 22.7 Å². The Labute approximate surface area is 231 Å². The Morgan fingerprint density at radius 1 is 1.05 bits per heavy atom. The summed E-state index contributed by atoms with van der Waals surface area (Å²) >= 11 is 0. The summed E-state index contributed by atoms with van der Waals surface area (Å²) in [5, 5.41) is 3.18. The molecule has 212 valence electrons. The van der Waals surface area contributed by atoms with Crippen LogP contribution in [0.25, 0.3) is 0 Å². The summed E-state index contributed by atoms with van der Waals surface area (Å²) in [6, 6.07) is 14.1. The molecule has 3 N–H and O–H groups in total. The van der Waals surface area contributed by atoms with Crippen LogP contribution in [0.1, 0.15) is 56.6 Å². The van der Waals surface area contributed by atoms with Crippen molar-refractivity contribution in [2.24, 2.45) is 17.6 Å². The number of carbonyl (C=O) groups excluding carboxylic acids is 2. The number of halogens is 1. The van der Waals surface area contributed by atoms with Gasteiger partial charge in [0.25, 0.3) is 0 Å². The van der Waals surface area contributed by atoms with Crippen molar-refractivity contribution in [3.05, 3.63) is 65.5 Å². The van der Waals surface area contributed by atoms with Gasteiger partial charge in [0.05, 0.1) is 7.11 Å². The minimum absolute atomic E-state index is 0.0731. The summed E-state index contributed by atoms with van der Waals surface area (Å²) in [6.07, 6.45) is 5.78. The molecule has 0 spiro atoms. The van der Waals surface area contributed by atoms with E-state index in [2.05, 4.69) is 16.3 Å². The standard InChI is InChI=1S/C31H43FN4O3/c1-22(37)36-14-13-28(17-30(36)31(38)34-19-25-6-3-5-24(15-25)18-33)35(20-23-9-11-27(32)12-10-23)21-26-7-4-8-29(16-26)39-2/h4,7-12,16,24-25,28,30H,3,5-6,13-15,17-21,33H2,1-2H3,(H,34,38)/t24?,25?,28?,30-/m1/s1. The first-order valence-electron chi connectivity index (χ1n) is 14.2. The number of carbonyl (C=O) groups is 2. The lowest BCUT2D eigenvalue weighted by Gasteiger charge is -2.43. The molecule has 2 amide bonds. The fourth-order valence-corrected chi connectivity index (χ4v) is 6.21. The third-order valence-corrected chi connectivity index (χ3v) is 8.41. The highest BCUT2D eigenvalue weighted by molar-refractivity contribution is 5.87. The molecule has 2 aliphatic rings. The molecule has 4 rings (SSSR count). The molecule has 3 unspecified atom stereocenters. The predicted octanol–water partition coefficient (Wildman–Crippen LogP) is 4.10. The van der Waals surface area contributed by atoms with E-state index >= 15 is 0 Å². The quantitative estimate of drug-likeness (QED) is 0.476. The van der Waals surface area contributed by atoms with E-state index in [0.29, 0.717) is 51.0 Å². The van der Waals surface area contributed by atoms with Crippen molar-refractivity contribution in [1.82, 2.24) is 15.1 Å². The minimum Gasteiger partial charge on any atom is -0.497 e. The highest BCUT2D eigenvalue weighted by Crippen LogP contribution is 2.29. The van der Waals surface area contributed by atoms with Gasteiger partial charge in [-0.15, -0.1) is 0 Å². The van der Waals surface area contributed by atoms with Crippen LogP contribution in [0.15, 0.2) is 48.5 Å². The summed E-state index contributed by atoms with van der Waals surface area (Å²) < 4.78 is 19.0. The van der Waals surface area contributed by atoms with Crippen LogP contribution >= 0.6 is 0 Å². The zero-order valence-electron chi connectivity index (χ0n) is 23.3. The van der Waals surface area contributed by atoms with Gasteiger partial charge in [0.15, 0.2) is 0 Å². The van der Waals surface area contributed by atoms with Crippen molar-refractivity contribution in [1.29, 1.82) is 0 Å². The number of rotatable bonds is 10. The molecule has 0 radical (unpaired) electrons. The number of hydrogen-bond donors (Lipinski definition) is 2. The molecule has 0 aromatic heterocycles. The topological polar surface area (TPSA) is 87.9 Å². The fourth-order valence-electron chi connectivity index (χ4n) is 6.21. The predicted molar refractivity (Wildman–Crippen MR) is 150 cm³/mol. The van der Waals surface area contributed by atoms with Crippen molar-refractivity contribution < 1.29 is 18.7 Å². The van der Waals surface area contributed by atoms with Gasteiger partial charge in [-0.25, -0.2) is 4.39 Å². The molecule has 1 aliphatic carbocycles. The van der Waals surface area contributed by atoms with Crippen molar-refractivity contribution in [2.45, 2.75) is 70.6 Å². The molecule has 2 fully saturated rings. The van der Waals surface area contributed by atoms with E-state index in [4.69, 9.17) is 10.5 Å². The Bertz CT molecular complexity index is 1100. The van der Waals surface area contributed by atoms with E-state index in [1.807, 2.05) is 30.3 Å². The average Bonchev–Trinajstić information content (AvgIpc) is 2.96. The number of nitrogens with one attached hydrogen (secondary N) is 1. The van der Waals surface area contributed by atoms with Gasteiger partial charge >= 0.3 is 0 Å². The minimum atomic E-state index is -0.517. The maximum atomic E-state index is 13.6. The second kappa shape index (κ2) is 13.9. The highest BCUT2D eigenvalue weighted by Gasteiger charge is 2.37. The van der Waals surface area contributed by atoms with Crippen LogP contribution in [0.4, 0.5) is 4.39 Å². The molecule has 7 nitrogen and oxygen atoms in total. The maximum Gasteiger partial charge on any atom is 0.242 e. The summed E-state index contributed by atoms with van der Waals surface area (Å²) in [5.41, 5.74) is 8.00. The van der Waals surface area contributed by atoms with E-state index in [1.54, 1.807) is 18.9 Å². The Balaban J connectivity index is 1.49. The molecular weight excluding hydrogens is 495 g/mol. The van der Waals surface area contributed by atoms with Crippen LogP contribution in [0.3, 0.4) is 0 Å². The largest absolute Gasteiger partial charge is 0.497 e. The van der Waals surface area contributed by atoms with Gasteiger partial charge in [-0.3, -0.25) is 14.5 Å². The lowest BCUT2D eigenvalue weighted by molar-refractivity contribution is -0.142. The number of nitrogens with two attached hydrogens (primary N) is 1. The van der Waals surface area contributed by atoms with Gasteiger partial charge in [0, 0.05) is 39.1 Å². The van der Waals surface area contributed by atoms with E-state index < -0.39 is 6.04 Å². The van der Waals surface area contributed by atoms with Gasteiger partial charge in [0.2, 0.25) is 11.8 Å². The number of ether oxygens (including phenoxy) is 1. The summed E-state index contributed by atoms with van der Waals surface area (Å²) in [7, 11) is 1.65. The van der Waals surface area contributed by atoms with Crippen LogP contribution in [0, 0.1) is 17.7 Å². The molecule has 4 atom stereocenters. The fraction of sp³-hybridized carbons (Fsp3) is 0.548. The molecule has 39 heavy (non-hydrogen) atoms. The maximum absolute atomic E-state index is 13.6. The van der Waals surface area contributed by atoms with Gasteiger partial charge in [-0.2, -0.15) is 0 Å². The number of hydrogen-bond acceptors (Lipinski definition) is 5. The van der Waals surface area contributed by atoms with Crippen molar-refractivity contribution >= 4 is 11.8 Å². The van der Waals surface area contributed by atoms with Crippen LogP contribution in [0.5, 0.6) is 5.75 Å². The van der Waals surface area contributed by atoms with E-state index in [9.17, 15) is 14.0 Å². The molecule has 1 aliphatic heterocycles. The zero-order valence-corrected chi connectivity index (χ0v) is 23.3.